The number of nitrogens with one attached hydrogen (secondary N) is 1. The largest absolute Gasteiger partial charge is 0.494 e. The summed E-state index contributed by atoms with van der Waals surface area (Å²) in [5.41, 5.74) is 0.792. The summed E-state index contributed by atoms with van der Waals surface area (Å²) in [6.45, 7) is 2.52. The Morgan fingerprint density at radius 3 is 2.76 bits per heavy atom. The van der Waals surface area contributed by atoms with Crippen molar-refractivity contribution in [3.05, 3.63) is 36.2 Å². The molecule has 0 bridgehead atoms. The van der Waals surface area contributed by atoms with Crippen LogP contribution in [-0.2, 0) is 0 Å². The normalized spacial score (nSPS) is 9.94. The second-order valence-electron chi connectivity index (χ2n) is 3.20. The molecule has 2 aromatic rings. The smallest absolute Gasteiger partial charge is 0.279 e. The maximum Gasteiger partial charge on any atom is 0.279 e. The van der Waals surface area contributed by atoms with Gasteiger partial charge in [0.05, 0.1) is 6.61 Å². The third-order valence-electron chi connectivity index (χ3n) is 2.02. The summed E-state index contributed by atoms with van der Waals surface area (Å²) in [4.78, 5) is 11.6. The molecule has 0 aliphatic heterocycles. The Morgan fingerprint density at radius 2 is 2.18 bits per heavy atom. The van der Waals surface area contributed by atoms with E-state index in [9.17, 15) is 4.79 Å². The summed E-state index contributed by atoms with van der Waals surface area (Å²) in [5.74, 6) is 0.393. The zero-order chi connectivity index (χ0) is 12.1. The fourth-order valence-corrected chi connectivity index (χ4v) is 1.26. The van der Waals surface area contributed by atoms with E-state index in [4.69, 9.17) is 4.74 Å². The van der Waals surface area contributed by atoms with Crippen LogP contribution in [0.1, 0.15) is 17.4 Å². The van der Waals surface area contributed by atoms with E-state index in [1.807, 2.05) is 6.92 Å². The van der Waals surface area contributed by atoms with Gasteiger partial charge in [-0.15, -0.1) is 0 Å². The predicted molar refractivity (Wildman–Crippen MR) is 59.9 cm³/mol. The lowest BCUT2D eigenvalue weighted by molar-refractivity contribution is 0.101. The second kappa shape index (κ2) is 5.11. The number of hydrogen-bond donors (Lipinski definition) is 1. The van der Waals surface area contributed by atoms with Gasteiger partial charge in [-0.1, -0.05) is 5.16 Å². The highest BCUT2D eigenvalue weighted by atomic mass is 16.6. The molecular weight excluding hydrogens is 222 g/mol. The molecule has 1 aromatic heterocycles. The highest BCUT2D eigenvalue weighted by Crippen LogP contribution is 2.15. The Bertz CT molecular complexity index is 479. The number of amides is 1. The first kappa shape index (κ1) is 11.1. The van der Waals surface area contributed by atoms with Crippen molar-refractivity contribution < 1.29 is 14.2 Å². The number of carbonyl (C=O) groups excluding carboxylic acids is 1. The minimum absolute atomic E-state index is 0.138. The third-order valence-corrected chi connectivity index (χ3v) is 2.02. The molecule has 6 nitrogen and oxygen atoms in total. The molecule has 0 aliphatic rings. The molecule has 1 heterocycles. The molecule has 2 rings (SSSR count). The second-order valence-corrected chi connectivity index (χ2v) is 3.20. The van der Waals surface area contributed by atoms with Gasteiger partial charge >= 0.3 is 0 Å². The zero-order valence-corrected chi connectivity index (χ0v) is 9.21. The quantitative estimate of drug-likeness (QED) is 0.869. The van der Waals surface area contributed by atoms with Crippen LogP contribution in [0.2, 0.25) is 0 Å². The van der Waals surface area contributed by atoms with Gasteiger partial charge in [0.1, 0.15) is 11.9 Å². The summed E-state index contributed by atoms with van der Waals surface area (Å²) >= 11 is 0. The van der Waals surface area contributed by atoms with Gasteiger partial charge in [-0.05, 0) is 36.3 Å². The molecule has 0 saturated carbocycles. The van der Waals surface area contributed by atoms with Gasteiger partial charge in [-0.25, -0.2) is 4.63 Å². The molecule has 0 atom stereocenters. The Morgan fingerprint density at radius 1 is 1.41 bits per heavy atom. The van der Waals surface area contributed by atoms with Crippen LogP contribution >= 0.6 is 0 Å². The van der Waals surface area contributed by atoms with Gasteiger partial charge in [-0.2, -0.15) is 0 Å². The number of benzene rings is 1. The van der Waals surface area contributed by atoms with E-state index < -0.39 is 0 Å². The van der Waals surface area contributed by atoms with Crippen LogP contribution in [0.3, 0.4) is 0 Å². The molecule has 1 N–H and O–H groups in total. The monoisotopic (exact) mass is 233 g/mol. The molecule has 6 heteroatoms. The minimum atomic E-state index is -0.365. The molecule has 0 fully saturated rings. The predicted octanol–water partition coefficient (Wildman–Crippen LogP) is 1.72. The SMILES string of the molecule is CCOc1ccc(NC(=O)c2cnon2)cc1. The van der Waals surface area contributed by atoms with Crippen molar-refractivity contribution in [1.82, 2.24) is 10.3 Å². The van der Waals surface area contributed by atoms with Crippen molar-refractivity contribution in [3.63, 3.8) is 0 Å². The van der Waals surface area contributed by atoms with Crippen LogP contribution in [0.4, 0.5) is 5.69 Å². The van der Waals surface area contributed by atoms with Gasteiger partial charge in [0.15, 0.2) is 5.69 Å². The Labute approximate surface area is 97.5 Å². The van der Waals surface area contributed by atoms with Crippen LogP contribution in [0.15, 0.2) is 35.1 Å². The molecule has 0 saturated heterocycles. The van der Waals surface area contributed by atoms with Crippen LogP contribution in [0.25, 0.3) is 0 Å². The van der Waals surface area contributed by atoms with Gasteiger partial charge in [0.2, 0.25) is 0 Å². The van der Waals surface area contributed by atoms with E-state index in [0.29, 0.717) is 12.3 Å². The summed E-state index contributed by atoms with van der Waals surface area (Å²) in [6.07, 6.45) is 1.25. The van der Waals surface area contributed by atoms with Gasteiger partial charge in [-0.3, -0.25) is 4.79 Å². The number of anilines is 1. The standard InChI is InChI=1S/C11H11N3O3/c1-2-16-9-5-3-8(4-6-9)13-11(15)10-7-12-17-14-10/h3-7H,2H2,1H3,(H,13,15). The van der Waals surface area contributed by atoms with Crippen molar-refractivity contribution in [2.75, 3.05) is 11.9 Å². The maximum atomic E-state index is 11.6. The maximum absolute atomic E-state index is 11.6. The Hall–Kier alpha value is -2.37. The lowest BCUT2D eigenvalue weighted by Crippen LogP contribution is -2.12. The zero-order valence-electron chi connectivity index (χ0n) is 9.21. The fraction of sp³-hybridized carbons (Fsp3) is 0.182. The van der Waals surface area contributed by atoms with Crippen molar-refractivity contribution >= 4 is 11.6 Å². The Balaban J connectivity index is 2.01. The lowest BCUT2D eigenvalue weighted by Gasteiger charge is -2.05. The summed E-state index contributed by atoms with van der Waals surface area (Å²) in [7, 11) is 0. The molecule has 0 unspecified atom stereocenters. The number of hydrogen-bond acceptors (Lipinski definition) is 5. The van der Waals surface area contributed by atoms with Gasteiger partial charge in [0, 0.05) is 5.69 Å². The van der Waals surface area contributed by atoms with Crippen molar-refractivity contribution in [3.8, 4) is 5.75 Å². The van der Waals surface area contributed by atoms with Crippen LogP contribution in [0.5, 0.6) is 5.75 Å². The molecular formula is C11H11N3O3. The first-order chi connectivity index (χ1) is 8.29. The highest BCUT2D eigenvalue weighted by Gasteiger charge is 2.09. The van der Waals surface area contributed by atoms with Crippen molar-refractivity contribution in [2.24, 2.45) is 0 Å². The topological polar surface area (TPSA) is 77.2 Å². The molecule has 17 heavy (non-hydrogen) atoms. The first-order valence-corrected chi connectivity index (χ1v) is 5.11. The van der Waals surface area contributed by atoms with Crippen molar-refractivity contribution in [1.29, 1.82) is 0 Å². The number of nitrogens with zero attached hydrogens (tertiary/aromatic N) is 2. The summed E-state index contributed by atoms with van der Waals surface area (Å²) in [5, 5.41) is 9.45. The number of rotatable bonds is 4. The van der Waals surface area contributed by atoms with Gasteiger partial charge < -0.3 is 10.1 Å². The lowest BCUT2D eigenvalue weighted by atomic mass is 10.3. The van der Waals surface area contributed by atoms with Crippen molar-refractivity contribution in [2.45, 2.75) is 6.92 Å². The van der Waals surface area contributed by atoms with E-state index in [1.165, 1.54) is 6.20 Å². The molecule has 0 spiro atoms. The highest BCUT2D eigenvalue weighted by molar-refractivity contribution is 6.02. The molecule has 1 amide bonds. The van der Waals surface area contributed by atoms with Crippen LogP contribution in [0, 0.1) is 0 Å². The minimum Gasteiger partial charge on any atom is -0.494 e. The van der Waals surface area contributed by atoms with Crippen LogP contribution in [-0.4, -0.2) is 22.8 Å². The van der Waals surface area contributed by atoms with E-state index in [0.717, 1.165) is 5.75 Å². The van der Waals surface area contributed by atoms with E-state index in [-0.39, 0.29) is 11.6 Å². The fourth-order valence-electron chi connectivity index (χ4n) is 1.26. The summed E-state index contributed by atoms with van der Waals surface area (Å²) < 4.78 is 9.63. The van der Waals surface area contributed by atoms with E-state index >= 15 is 0 Å². The number of ether oxygens (including phenoxy) is 1. The number of carbonyl (C=O) groups is 1. The summed E-state index contributed by atoms with van der Waals surface area (Å²) in [6, 6.07) is 7.05. The number of aromatic nitrogens is 2. The van der Waals surface area contributed by atoms with E-state index in [2.05, 4.69) is 20.3 Å². The average molecular weight is 233 g/mol. The molecule has 1 aromatic carbocycles. The molecule has 88 valence electrons. The third kappa shape index (κ3) is 2.81. The first-order valence-electron chi connectivity index (χ1n) is 5.11. The average Bonchev–Trinajstić information content (AvgIpc) is 2.86. The van der Waals surface area contributed by atoms with Gasteiger partial charge in [0.25, 0.3) is 5.91 Å². The molecule has 0 radical (unpaired) electrons. The van der Waals surface area contributed by atoms with Crippen LogP contribution < -0.4 is 10.1 Å². The molecule has 0 aliphatic carbocycles. The van der Waals surface area contributed by atoms with E-state index in [1.54, 1.807) is 24.3 Å². The Kier molecular flexibility index (Phi) is 3.34.